The van der Waals surface area contributed by atoms with Gasteiger partial charge in [-0.25, -0.2) is 0 Å². The topological polar surface area (TPSA) is 6.48 Å². The average molecular weight is 673 g/mol. The van der Waals surface area contributed by atoms with Crippen molar-refractivity contribution in [2.24, 2.45) is 0 Å². The van der Waals surface area contributed by atoms with Crippen molar-refractivity contribution in [2.45, 2.75) is 85.0 Å². The predicted molar refractivity (Wildman–Crippen MR) is 191 cm³/mol. The molecule has 0 fully saturated rings. The summed E-state index contributed by atoms with van der Waals surface area (Å²) in [5.41, 5.74) is 8.21. The molecule has 2 nitrogen and oxygen atoms in total. The molecule has 1 unspecified atom stereocenters. The van der Waals surface area contributed by atoms with Crippen LogP contribution in [0, 0.1) is 6.20 Å². The number of para-hydroxylation sites is 2. The molecule has 1 aliphatic heterocycles. The number of halogens is 1. The fraction of sp³-hybridized carbons (Fsp3) is 0.333. The molecule has 1 atom stereocenters. The molecule has 4 aromatic rings. The van der Waals surface area contributed by atoms with E-state index in [0.717, 1.165) is 0 Å². The van der Waals surface area contributed by atoms with E-state index in [0.29, 0.717) is 23.7 Å². The number of anilines is 2. The van der Waals surface area contributed by atoms with Crippen LogP contribution in [0.1, 0.15) is 101 Å². The molecule has 4 aromatic carbocycles. The zero-order valence-corrected chi connectivity index (χ0v) is 29.8. The van der Waals surface area contributed by atoms with Gasteiger partial charge in [-0.2, -0.15) is 6.20 Å². The first kappa shape index (κ1) is 34.3. The molecule has 0 amide bonds. The van der Waals surface area contributed by atoms with E-state index in [1.165, 1.54) is 44.2 Å². The number of rotatable bonds is 9. The maximum absolute atomic E-state index is 4.20. The van der Waals surface area contributed by atoms with Crippen LogP contribution < -0.4 is 20.4 Å². The van der Waals surface area contributed by atoms with Gasteiger partial charge in [0.25, 0.3) is 0 Å². The third-order valence-electron chi connectivity index (χ3n) is 8.30. The van der Waals surface area contributed by atoms with Gasteiger partial charge in [0.2, 0.25) is 0 Å². The van der Waals surface area contributed by atoms with E-state index < -0.39 is 7.92 Å². The second kappa shape index (κ2) is 15.6. The van der Waals surface area contributed by atoms with Gasteiger partial charge in [0, 0.05) is 5.69 Å². The van der Waals surface area contributed by atoms with Gasteiger partial charge in [-0.3, -0.25) is 0 Å². The molecule has 5 heteroatoms. The molecule has 0 aromatic heterocycles. The van der Waals surface area contributed by atoms with Gasteiger partial charge in [0.15, 0.2) is 0 Å². The Kier molecular flexibility index (Phi) is 12.2. The van der Waals surface area contributed by atoms with E-state index in [9.17, 15) is 0 Å². The standard InChI is InChI=1S/C39H46N2P.ClH.Cu/c1-27(2)33-21-15-22-34(28(3)4)37(33)40-25-26-41(38-35(29(5)6)23-16-24-36(38)30(7)8)39(40)42(31-17-11-9-12-18-31)32-19-13-10-14-20-32;;/h9-25,27-30,39H,1-8H3;1H;/q-1;;+2/p-1. The molecule has 0 bridgehead atoms. The third kappa shape index (κ3) is 7.13. The fourth-order valence-corrected chi connectivity index (χ4v) is 8.84. The quantitative estimate of drug-likeness (QED) is 0.0992. The summed E-state index contributed by atoms with van der Waals surface area (Å²) in [6.07, 6.45) is 6.12. The van der Waals surface area contributed by atoms with Crippen molar-refractivity contribution in [1.29, 1.82) is 0 Å². The third-order valence-corrected chi connectivity index (χ3v) is 10.9. The molecule has 1 aliphatic rings. The van der Waals surface area contributed by atoms with E-state index in [1.54, 1.807) is 0 Å². The molecule has 44 heavy (non-hydrogen) atoms. The van der Waals surface area contributed by atoms with E-state index in [4.69, 9.17) is 0 Å². The number of nitrogens with zero attached hydrogens (tertiary/aromatic N) is 2. The van der Waals surface area contributed by atoms with E-state index >= 15 is 0 Å². The molecule has 5 rings (SSSR count). The summed E-state index contributed by atoms with van der Waals surface area (Å²) < 4.78 is 0. The molecular formula is C39H46ClCuN2P. The Hall–Kier alpha value is -2.54. The van der Waals surface area contributed by atoms with Crippen molar-refractivity contribution in [3.63, 3.8) is 0 Å². The first-order valence-corrected chi connectivity index (χ1v) is 18.3. The molecular weight excluding hydrogens is 626 g/mol. The maximum atomic E-state index is 4.20. The Balaban J connectivity index is 0.00000216. The summed E-state index contributed by atoms with van der Waals surface area (Å²) >= 11 is 3.66. The first-order valence-electron chi connectivity index (χ1n) is 15.6. The van der Waals surface area contributed by atoms with Gasteiger partial charge in [0.1, 0.15) is 5.91 Å². The molecule has 0 saturated heterocycles. The Morgan fingerprint density at radius 1 is 0.545 bits per heavy atom. The Morgan fingerprint density at radius 3 is 1.27 bits per heavy atom. The van der Waals surface area contributed by atoms with Gasteiger partial charge in [-0.05, 0) is 53.3 Å². The van der Waals surface area contributed by atoms with Crippen molar-refractivity contribution in [3.8, 4) is 0 Å². The SMILES string of the molecule is CC(C)c1cccc(C(C)C)c1N1[C-]=CN(c2c(C(C)C)cccc2C(C)C)C1P(c1ccccc1)c1ccccc1.[Cl][Cu+]. The molecule has 1 heterocycles. The summed E-state index contributed by atoms with van der Waals surface area (Å²) in [4.78, 5) is 5.09. The number of benzene rings is 4. The van der Waals surface area contributed by atoms with Gasteiger partial charge in [-0.15, -0.1) is 16.8 Å². The summed E-state index contributed by atoms with van der Waals surface area (Å²) in [6.45, 7) is 18.6. The summed E-state index contributed by atoms with van der Waals surface area (Å²) in [6, 6.07) is 36.1. The number of hydrogen-bond donors (Lipinski definition) is 0. The van der Waals surface area contributed by atoms with Crippen LogP contribution in [0.3, 0.4) is 0 Å². The molecule has 0 spiro atoms. The van der Waals surface area contributed by atoms with Crippen LogP contribution in [0.5, 0.6) is 0 Å². The Morgan fingerprint density at radius 2 is 0.909 bits per heavy atom. The first-order chi connectivity index (χ1) is 21.2. The van der Waals surface area contributed by atoms with E-state index in [1.807, 2.05) is 0 Å². The van der Waals surface area contributed by atoms with Crippen LogP contribution in [0.4, 0.5) is 11.4 Å². The minimum atomic E-state index is -0.846. The molecule has 0 saturated carbocycles. The van der Waals surface area contributed by atoms with Crippen LogP contribution in [-0.2, 0) is 15.1 Å². The van der Waals surface area contributed by atoms with Gasteiger partial charge < -0.3 is 9.80 Å². The van der Waals surface area contributed by atoms with Crippen molar-refractivity contribution in [3.05, 3.63) is 132 Å². The monoisotopic (exact) mass is 671 g/mol. The van der Waals surface area contributed by atoms with Gasteiger partial charge in [-0.1, -0.05) is 159 Å². The van der Waals surface area contributed by atoms with Crippen molar-refractivity contribution in [1.82, 2.24) is 0 Å². The predicted octanol–water partition coefficient (Wildman–Crippen LogP) is 10.9. The summed E-state index contributed by atoms with van der Waals surface area (Å²) in [5.74, 6) is 1.61. The van der Waals surface area contributed by atoms with E-state index in [2.05, 4.69) is 200 Å². The summed E-state index contributed by atoms with van der Waals surface area (Å²) in [7, 11) is 3.35. The Bertz CT molecular complexity index is 1350. The van der Waals surface area contributed by atoms with E-state index in [-0.39, 0.29) is 5.91 Å². The van der Waals surface area contributed by atoms with Crippen LogP contribution >= 0.6 is 18.0 Å². The molecule has 0 N–H and O–H groups in total. The second-order valence-electron chi connectivity index (χ2n) is 12.6. The van der Waals surface area contributed by atoms with Crippen LogP contribution in [0.2, 0.25) is 0 Å². The fourth-order valence-electron chi connectivity index (χ4n) is 6.17. The van der Waals surface area contributed by atoms with Crippen molar-refractivity contribution >= 4 is 40.0 Å². The molecule has 0 radical (unpaired) electrons. The normalized spacial score (nSPS) is 14.8. The van der Waals surface area contributed by atoms with Crippen LogP contribution in [-0.4, -0.2) is 5.91 Å². The zero-order valence-electron chi connectivity index (χ0n) is 27.2. The minimum absolute atomic E-state index is 0.0274. The van der Waals surface area contributed by atoms with Crippen molar-refractivity contribution in [2.75, 3.05) is 9.80 Å². The van der Waals surface area contributed by atoms with Gasteiger partial charge >= 0.3 is 25.2 Å². The Labute approximate surface area is 280 Å². The zero-order chi connectivity index (χ0) is 32.0. The molecule has 0 aliphatic carbocycles. The second-order valence-corrected chi connectivity index (χ2v) is 14.8. The van der Waals surface area contributed by atoms with Crippen molar-refractivity contribution < 1.29 is 15.1 Å². The van der Waals surface area contributed by atoms with Gasteiger partial charge in [0.05, 0.1) is 0 Å². The number of hydrogen-bond acceptors (Lipinski definition) is 2. The van der Waals surface area contributed by atoms with Crippen LogP contribution in [0.25, 0.3) is 0 Å². The average Bonchev–Trinajstić information content (AvgIpc) is 3.46. The molecule has 235 valence electrons. The summed E-state index contributed by atoms with van der Waals surface area (Å²) in [5, 5.41) is 2.74. The van der Waals surface area contributed by atoms with Crippen LogP contribution in [0.15, 0.2) is 103 Å².